The maximum absolute atomic E-state index is 12.5. The average molecular weight is 260 g/mol. The van der Waals surface area contributed by atoms with Gasteiger partial charge in [0.15, 0.2) is 0 Å². The summed E-state index contributed by atoms with van der Waals surface area (Å²) in [6.45, 7) is 5.91. The minimum absolute atomic E-state index is 0.0720. The summed E-state index contributed by atoms with van der Waals surface area (Å²) >= 11 is 0. The smallest absolute Gasteiger partial charge is 0.270 e. The second-order valence-electron chi connectivity index (χ2n) is 5.24. The highest BCUT2D eigenvalue weighted by Crippen LogP contribution is 2.17. The molecule has 0 N–H and O–H groups in total. The van der Waals surface area contributed by atoms with Gasteiger partial charge in [-0.05, 0) is 26.0 Å². The largest absolute Gasteiger partial charge is 0.347 e. The van der Waals surface area contributed by atoms with Gasteiger partial charge in [0, 0.05) is 38.4 Å². The highest BCUT2D eigenvalue weighted by molar-refractivity contribution is 5.92. The first-order valence-corrected chi connectivity index (χ1v) is 6.58. The summed E-state index contributed by atoms with van der Waals surface area (Å²) in [7, 11) is 1.88. The van der Waals surface area contributed by atoms with Gasteiger partial charge in [0.25, 0.3) is 5.91 Å². The highest BCUT2D eigenvalue weighted by Gasteiger charge is 2.32. The fraction of sp³-hybridized carbons (Fsp3) is 0.571. The van der Waals surface area contributed by atoms with Gasteiger partial charge in [-0.15, -0.1) is 0 Å². The Morgan fingerprint density at radius 3 is 2.53 bits per heavy atom. The van der Waals surface area contributed by atoms with Crippen LogP contribution >= 0.6 is 0 Å². The summed E-state index contributed by atoms with van der Waals surface area (Å²) in [5.74, 6) is 0.0720. The van der Waals surface area contributed by atoms with E-state index in [2.05, 4.69) is 24.8 Å². The maximum atomic E-state index is 12.5. The number of amides is 1. The van der Waals surface area contributed by atoms with Crippen LogP contribution in [0.1, 0.15) is 24.3 Å². The van der Waals surface area contributed by atoms with Crippen LogP contribution < -0.4 is 0 Å². The molecule has 2 heterocycles. The molecule has 1 fully saturated rings. The Hall–Kier alpha value is -1.80. The molecule has 0 spiro atoms. The molecule has 1 amide bonds. The van der Waals surface area contributed by atoms with Crippen LogP contribution in [0.5, 0.6) is 0 Å². The van der Waals surface area contributed by atoms with Crippen LogP contribution in [0.25, 0.3) is 0 Å². The van der Waals surface area contributed by atoms with Crippen molar-refractivity contribution in [3.05, 3.63) is 24.0 Å². The lowest BCUT2D eigenvalue weighted by Crippen LogP contribution is -2.58. The van der Waals surface area contributed by atoms with Gasteiger partial charge in [0.2, 0.25) is 0 Å². The predicted molar refractivity (Wildman–Crippen MR) is 72.6 cm³/mol. The van der Waals surface area contributed by atoms with Gasteiger partial charge in [0.1, 0.15) is 5.69 Å². The van der Waals surface area contributed by atoms with E-state index in [0.717, 1.165) is 0 Å². The lowest BCUT2D eigenvalue weighted by atomic mass is 10.1. The SMILES string of the molecule is CC1CN(C(=O)c2cccn2C)CC(C)N1CC#N. The first-order valence-electron chi connectivity index (χ1n) is 6.58. The molecule has 5 nitrogen and oxygen atoms in total. The van der Waals surface area contributed by atoms with E-state index >= 15 is 0 Å². The van der Waals surface area contributed by atoms with Crippen LogP contribution in [0.4, 0.5) is 0 Å². The molecule has 1 aromatic rings. The minimum atomic E-state index is 0.0720. The average Bonchev–Trinajstić information content (AvgIpc) is 2.79. The molecular formula is C14H20N4O. The van der Waals surface area contributed by atoms with E-state index < -0.39 is 0 Å². The van der Waals surface area contributed by atoms with E-state index in [-0.39, 0.29) is 18.0 Å². The first kappa shape index (κ1) is 13.6. The zero-order valence-corrected chi connectivity index (χ0v) is 11.7. The molecule has 102 valence electrons. The molecule has 2 rings (SSSR count). The Kier molecular flexibility index (Phi) is 3.91. The lowest BCUT2D eigenvalue weighted by Gasteiger charge is -2.43. The number of hydrogen-bond donors (Lipinski definition) is 0. The van der Waals surface area contributed by atoms with E-state index in [1.807, 2.05) is 34.8 Å². The van der Waals surface area contributed by atoms with Crippen molar-refractivity contribution in [2.75, 3.05) is 19.6 Å². The van der Waals surface area contributed by atoms with Gasteiger partial charge in [0.05, 0.1) is 12.6 Å². The monoisotopic (exact) mass is 260 g/mol. The van der Waals surface area contributed by atoms with Gasteiger partial charge in [-0.25, -0.2) is 0 Å². The van der Waals surface area contributed by atoms with Crippen LogP contribution in [0.3, 0.4) is 0 Å². The topological polar surface area (TPSA) is 52.3 Å². The number of piperazine rings is 1. The van der Waals surface area contributed by atoms with Crippen LogP contribution in [0.2, 0.25) is 0 Å². The van der Waals surface area contributed by atoms with Crippen molar-refractivity contribution in [2.24, 2.45) is 7.05 Å². The number of aromatic nitrogens is 1. The lowest BCUT2D eigenvalue weighted by molar-refractivity contribution is 0.0356. The van der Waals surface area contributed by atoms with Crippen LogP contribution in [0, 0.1) is 11.3 Å². The third kappa shape index (κ3) is 2.64. The van der Waals surface area contributed by atoms with Crippen molar-refractivity contribution in [2.45, 2.75) is 25.9 Å². The van der Waals surface area contributed by atoms with Gasteiger partial charge >= 0.3 is 0 Å². The molecule has 2 atom stereocenters. The number of carbonyl (C=O) groups is 1. The normalized spacial score (nSPS) is 24.2. The number of rotatable bonds is 2. The molecule has 0 radical (unpaired) electrons. The Bertz CT molecular complexity index is 490. The van der Waals surface area contributed by atoms with Gasteiger partial charge in [-0.1, -0.05) is 0 Å². The quantitative estimate of drug-likeness (QED) is 0.748. The minimum Gasteiger partial charge on any atom is -0.347 e. The third-order valence-corrected chi connectivity index (χ3v) is 3.80. The van der Waals surface area contributed by atoms with E-state index in [1.54, 1.807) is 0 Å². The zero-order valence-electron chi connectivity index (χ0n) is 11.7. The van der Waals surface area contributed by atoms with Crippen molar-refractivity contribution in [1.82, 2.24) is 14.4 Å². The molecule has 0 saturated carbocycles. The number of carbonyl (C=O) groups excluding carboxylic acids is 1. The second-order valence-corrected chi connectivity index (χ2v) is 5.24. The summed E-state index contributed by atoms with van der Waals surface area (Å²) in [6, 6.07) is 6.36. The molecule has 19 heavy (non-hydrogen) atoms. The Balaban J connectivity index is 2.11. The van der Waals surface area contributed by atoms with E-state index in [9.17, 15) is 4.79 Å². The number of nitrogens with zero attached hydrogens (tertiary/aromatic N) is 4. The summed E-state index contributed by atoms with van der Waals surface area (Å²) < 4.78 is 1.85. The fourth-order valence-electron chi connectivity index (χ4n) is 2.76. The first-order chi connectivity index (χ1) is 9.04. The van der Waals surface area contributed by atoms with E-state index in [4.69, 9.17) is 5.26 Å². The molecule has 1 aliphatic rings. The van der Waals surface area contributed by atoms with Crippen LogP contribution in [-0.2, 0) is 7.05 Å². The van der Waals surface area contributed by atoms with E-state index in [1.165, 1.54) is 0 Å². The number of nitriles is 1. The number of aryl methyl sites for hydroxylation is 1. The van der Waals surface area contributed by atoms with Gasteiger partial charge in [-0.2, -0.15) is 5.26 Å². The third-order valence-electron chi connectivity index (χ3n) is 3.80. The summed E-state index contributed by atoms with van der Waals surface area (Å²) in [6.07, 6.45) is 1.88. The molecule has 0 bridgehead atoms. The fourth-order valence-corrected chi connectivity index (χ4v) is 2.76. The zero-order chi connectivity index (χ0) is 14.0. The van der Waals surface area contributed by atoms with Crippen molar-refractivity contribution < 1.29 is 4.79 Å². The standard InChI is InChI=1S/C14H20N4O/c1-11-9-17(10-12(2)18(11)8-6-15)14(19)13-5-4-7-16(13)3/h4-5,7,11-12H,8-10H2,1-3H3. The molecule has 2 unspecified atom stereocenters. The highest BCUT2D eigenvalue weighted by atomic mass is 16.2. The van der Waals surface area contributed by atoms with Crippen molar-refractivity contribution in [1.29, 1.82) is 5.26 Å². The van der Waals surface area contributed by atoms with Gasteiger partial charge < -0.3 is 9.47 Å². The Morgan fingerprint density at radius 2 is 2.05 bits per heavy atom. The summed E-state index contributed by atoms with van der Waals surface area (Å²) in [5, 5.41) is 8.84. The molecule has 0 aliphatic carbocycles. The van der Waals surface area contributed by atoms with Crippen molar-refractivity contribution in [3.63, 3.8) is 0 Å². The molecule has 0 aromatic carbocycles. The molecule has 1 saturated heterocycles. The van der Waals surface area contributed by atoms with Crippen molar-refractivity contribution >= 4 is 5.91 Å². The van der Waals surface area contributed by atoms with Gasteiger partial charge in [-0.3, -0.25) is 9.69 Å². The predicted octanol–water partition coefficient (Wildman–Crippen LogP) is 1.08. The molecular weight excluding hydrogens is 240 g/mol. The van der Waals surface area contributed by atoms with Crippen LogP contribution in [0.15, 0.2) is 18.3 Å². The Labute approximate surface area is 114 Å². The molecule has 1 aliphatic heterocycles. The van der Waals surface area contributed by atoms with Crippen LogP contribution in [-0.4, -0.2) is 52.0 Å². The summed E-state index contributed by atoms with van der Waals surface area (Å²) in [4.78, 5) is 16.5. The Morgan fingerprint density at radius 1 is 1.42 bits per heavy atom. The molecule has 1 aromatic heterocycles. The number of hydrogen-bond acceptors (Lipinski definition) is 3. The van der Waals surface area contributed by atoms with Crippen molar-refractivity contribution in [3.8, 4) is 6.07 Å². The summed E-state index contributed by atoms with van der Waals surface area (Å²) in [5.41, 5.74) is 0.716. The second kappa shape index (κ2) is 5.45. The molecule has 5 heteroatoms. The van der Waals surface area contributed by atoms with E-state index in [0.29, 0.717) is 25.3 Å². The maximum Gasteiger partial charge on any atom is 0.270 e.